The number of carbonyl (C=O) groups is 1. The van der Waals surface area contributed by atoms with E-state index >= 15 is 0 Å². The Morgan fingerprint density at radius 2 is 2.25 bits per heavy atom. The van der Waals surface area contributed by atoms with Crippen LogP contribution in [0.25, 0.3) is 0 Å². The summed E-state index contributed by atoms with van der Waals surface area (Å²) < 4.78 is 5.37. The maximum atomic E-state index is 10.6. The smallest absolute Gasteiger partial charge is 0.306 e. The van der Waals surface area contributed by atoms with E-state index in [2.05, 4.69) is 4.90 Å². The van der Waals surface area contributed by atoms with Crippen LogP contribution in [0.1, 0.15) is 26.7 Å². The molecule has 2 N–H and O–H groups in total. The lowest BCUT2D eigenvalue weighted by Gasteiger charge is -2.33. The summed E-state index contributed by atoms with van der Waals surface area (Å²) in [6.07, 6.45) is 0.527. The van der Waals surface area contributed by atoms with Crippen LogP contribution in [0, 0.1) is 0 Å². The van der Waals surface area contributed by atoms with Crippen molar-refractivity contribution in [2.75, 3.05) is 26.2 Å². The molecule has 1 heterocycles. The molecule has 1 saturated heterocycles. The van der Waals surface area contributed by atoms with Gasteiger partial charge in [-0.2, -0.15) is 0 Å². The Kier molecular flexibility index (Phi) is 4.70. The predicted molar refractivity (Wildman–Crippen MR) is 59.3 cm³/mol. The molecule has 94 valence electrons. The minimum atomic E-state index is -0.825. The number of carboxylic acids is 1. The number of aliphatic hydroxyl groups is 1. The molecule has 1 fully saturated rings. The molecule has 0 bridgehead atoms. The van der Waals surface area contributed by atoms with Crippen molar-refractivity contribution in [2.24, 2.45) is 0 Å². The van der Waals surface area contributed by atoms with Gasteiger partial charge >= 0.3 is 5.97 Å². The number of nitrogens with zero attached hydrogens (tertiary/aromatic N) is 1. The SMILES string of the molecule is CC(C)(O)CCN1CCOC(CC(=O)O)C1. The fraction of sp³-hybridized carbons (Fsp3) is 0.909. The zero-order chi connectivity index (χ0) is 12.2. The number of hydrogen-bond acceptors (Lipinski definition) is 4. The van der Waals surface area contributed by atoms with E-state index in [9.17, 15) is 9.90 Å². The predicted octanol–water partition coefficient (Wildman–Crippen LogP) is 0.323. The summed E-state index contributed by atoms with van der Waals surface area (Å²) in [5.74, 6) is -0.825. The van der Waals surface area contributed by atoms with Gasteiger partial charge in [0.2, 0.25) is 0 Å². The average Bonchev–Trinajstić information content (AvgIpc) is 2.13. The van der Waals surface area contributed by atoms with E-state index in [4.69, 9.17) is 9.84 Å². The van der Waals surface area contributed by atoms with Crippen LogP contribution in [-0.2, 0) is 9.53 Å². The highest BCUT2D eigenvalue weighted by atomic mass is 16.5. The Morgan fingerprint density at radius 1 is 1.56 bits per heavy atom. The number of hydrogen-bond donors (Lipinski definition) is 2. The summed E-state index contributed by atoms with van der Waals surface area (Å²) in [7, 11) is 0. The first kappa shape index (κ1) is 13.4. The Balaban J connectivity index is 2.30. The molecule has 0 aliphatic carbocycles. The fourth-order valence-corrected chi connectivity index (χ4v) is 1.73. The Hall–Kier alpha value is -0.650. The zero-order valence-corrected chi connectivity index (χ0v) is 9.98. The summed E-state index contributed by atoms with van der Waals surface area (Å²) in [6.45, 7) is 6.37. The van der Waals surface area contributed by atoms with E-state index in [1.54, 1.807) is 13.8 Å². The van der Waals surface area contributed by atoms with Crippen molar-refractivity contribution in [3.8, 4) is 0 Å². The number of rotatable bonds is 5. The molecule has 1 rings (SSSR count). The van der Waals surface area contributed by atoms with Crippen LogP contribution in [0.5, 0.6) is 0 Å². The molecular weight excluding hydrogens is 210 g/mol. The summed E-state index contributed by atoms with van der Waals surface area (Å²) in [5, 5.41) is 18.3. The van der Waals surface area contributed by atoms with Crippen molar-refractivity contribution >= 4 is 5.97 Å². The molecule has 0 aromatic carbocycles. The quantitative estimate of drug-likeness (QED) is 0.713. The highest BCUT2D eigenvalue weighted by molar-refractivity contribution is 5.67. The van der Waals surface area contributed by atoms with Crippen molar-refractivity contribution in [1.82, 2.24) is 4.90 Å². The van der Waals surface area contributed by atoms with Crippen molar-refractivity contribution in [1.29, 1.82) is 0 Å². The molecule has 0 aromatic rings. The van der Waals surface area contributed by atoms with Crippen molar-refractivity contribution < 1.29 is 19.7 Å². The van der Waals surface area contributed by atoms with Gasteiger partial charge in [-0.25, -0.2) is 0 Å². The van der Waals surface area contributed by atoms with E-state index in [1.165, 1.54) is 0 Å². The third kappa shape index (κ3) is 5.44. The second-order valence-corrected chi connectivity index (χ2v) is 4.95. The van der Waals surface area contributed by atoms with Gasteiger partial charge in [0.15, 0.2) is 0 Å². The van der Waals surface area contributed by atoms with Gasteiger partial charge in [-0.05, 0) is 20.3 Å². The molecule has 0 saturated carbocycles. The molecule has 5 nitrogen and oxygen atoms in total. The third-order valence-electron chi connectivity index (χ3n) is 2.67. The van der Waals surface area contributed by atoms with Crippen molar-refractivity contribution in [3.63, 3.8) is 0 Å². The van der Waals surface area contributed by atoms with Crippen LogP contribution in [0.3, 0.4) is 0 Å². The molecule has 0 aromatic heterocycles. The van der Waals surface area contributed by atoms with Crippen LogP contribution in [-0.4, -0.2) is 59.0 Å². The van der Waals surface area contributed by atoms with E-state index < -0.39 is 11.6 Å². The van der Waals surface area contributed by atoms with Gasteiger partial charge in [0.25, 0.3) is 0 Å². The van der Waals surface area contributed by atoms with E-state index in [1.807, 2.05) is 0 Å². The van der Waals surface area contributed by atoms with Gasteiger partial charge in [-0.3, -0.25) is 9.69 Å². The normalized spacial score (nSPS) is 23.3. The minimum Gasteiger partial charge on any atom is -0.481 e. The molecule has 0 spiro atoms. The first-order chi connectivity index (χ1) is 7.37. The van der Waals surface area contributed by atoms with Crippen LogP contribution >= 0.6 is 0 Å². The summed E-state index contributed by atoms with van der Waals surface area (Å²) >= 11 is 0. The van der Waals surface area contributed by atoms with E-state index in [0.717, 1.165) is 13.1 Å². The zero-order valence-electron chi connectivity index (χ0n) is 9.98. The minimum absolute atomic E-state index is 0.0546. The molecule has 5 heteroatoms. The number of aliphatic carboxylic acids is 1. The largest absolute Gasteiger partial charge is 0.481 e. The molecule has 1 aliphatic rings. The first-order valence-corrected chi connectivity index (χ1v) is 5.65. The summed E-state index contributed by atoms with van der Waals surface area (Å²) in [5.41, 5.74) is -0.666. The highest BCUT2D eigenvalue weighted by Gasteiger charge is 2.24. The van der Waals surface area contributed by atoms with Crippen LogP contribution < -0.4 is 0 Å². The molecule has 1 unspecified atom stereocenters. The van der Waals surface area contributed by atoms with Gasteiger partial charge < -0.3 is 14.9 Å². The van der Waals surface area contributed by atoms with Gasteiger partial charge in [-0.1, -0.05) is 0 Å². The first-order valence-electron chi connectivity index (χ1n) is 5.65. The second-order valence-electron chi connectivity index (χ2n) is 4.95. The molecule has 0 amide bonds. The topological polar surface area (TPSA) is 70.0 Å². The van der Waals surface area contributed by atoms with Crippen molar-refractivity contribution in [2.45, 2.75) is 38.4 Å². The monoisotopic (exact) mass is 231 g/mol. The number of carboxylic acid groups (broad SMARTS) is 1. The van der Waals surface area contributed by atoms with E-state index in [-0.39, 0.29) is 12.5 Å². The molecule has 0 radical (unpaired) electrons. The molecule has 16 heavy (non-hydrogen) atoms. The summed E-state index contributed by atoms with van der Waals surface area (Å²) in [6, 6.07) is 0. The Labute approximate surface area is 96.0 Å². The van der Waals surface area contributed by atoms with Gasteiger partial charge in [0, 0.05) is 19.6 Å². The third-order valence-corrected chi connectivity index (χ3v) is 2.67. The maximum absolute atomic E-state index is 10.6. The molecule has 1 aliphatic heterocycles. The standard InChI is InChI=1S/C11H21NO4/c1-11(2,15)3-4-12-5-6-16-9(8-12)7-10(13)14/h9,15H,3-8H2,1-2H3,(H,13,14). The lowest BCUT2D eigenvalue weighted by molar-refractivity contribution is -0.142. The lowest BCUT2D eigenvalue weighted by Crippen LogP contribution is -2.44. The van der Waals surface area contributed by atoms with Gasteiger partial charge in [-0.15, -0.1) is 0 Å². The Morgan fingerprint density at radius 3 is 2.81 bits per heavy atom. The fourth-order valence-electron chi connectivity index (χ4n) is 1.73. The van der Waals surface area contributed by atoms with Crippen LogP contribution in [0.2, 0.25) is 0 Å². The van der Waals surface area contributed by atoms with Crippen LogP contribution in [0.15, 0.2) is 0 Å². The number of ether oxygens (including phenoxy) is 1. The van der Waals surface area contributed by atoms with Crippen molar-refractivity contribution in [3.05, 3.63) is 0 Å². The second kappa shape index (κ2) is 5.61. The maximum Gasteiger partial charge on any atom is 0.306 e. The van der Waals surface area contributed by atoms with Gasteiger partial charge in [0.1, 0.15) is 0 Å². The average molecular weight is 231 g/mol. The summed E-state index contributed by atoms with van der Waals surface area (Å²) in [4.78, 5) is 12.7. The lowest BCUT2D eigenvalue weighted by atomic mass is 10.1. The Bertz CT molecular complexity index is 237. The van der Waals surface area contributed by atoms with E-state index in [0.29, 0.717) is 19.6 Å². The molecule has 1 atom stereocenters. The number of morpholine rings is 1. The molecular formula is C11H21NO4. The van der Waals surface area contributed by atoms with Gasteiger partial charge in [0.05, 0.1) is 24.7 Å². The highest BCUT2D eigenvalue weighted by Crippen LogP contribution is 2.13. The van der Waals surface area contributed by atoms with Crippen LogP contribution in [0.4, 0.5) is 0 Å².